The quantitative estimate of drug-likeness (QED) is 0.731. The van der Waals surface area contributed by atoms with E-state index < -0.39 is 21.4 Å². The topological polar surface area (TPSA) is 92.4 Å². The van der Waals surface area contributed by atoms with Crippen molar-refractivity contribution in [3.8, 4) is 0 Å². The summed E-state index contributed by atoms with van der Waals surface area (Å²) < 4.78 is 40.1. The van der Waals surface area contributed by atoms with Gasteiger partial charge in [-0.1, -0.05) is 12.8 Å². The number of halogens is 1. The van der Waals surface area contributed by atoms with Gasteiger partial charge in [0.2, 0.25) is 10.0 Å². The van der Waals surface area contributed by atoms with Crippen molar-refractivity contribution in [1.82, 2.24) is 4.72 Å². The van der Waals surface area contributed by atoms with Gasteiger partial charge in [-0.2, -0.15) is 0 Å². The van der Waals surface area contributed by atoms with Crippen LogP contribution in [-0.2, 0) is 10.0 Å². The van der Waals surface area contributed by atoms with Crippen LogP contribution in [0.15, 0.2) is 17.0 Å². The molecule has 1 fully saturated rings. The number of benzene rings is 1. The molecule has 112 valence electrons. The van der Waals surface area contributed by atoms with Gasteiger partial charge in [0, 0.05) is 17.8 Å². The van der Waals surface area contributed by atoms with Gasteiger partial charge >= 0.3 is 0 Å². The Morgan fingerprint density at radius 1 is 1.40 bits per heavy atom. The van der Waals surface area contributed by atoms with Gasteiger partial charge < -0.3 is 10.8 Å². The molecule has 0 aromatic heterocycles. The average molecular weight is 302 g/mol. The number of hydrogen-bond donors (Lipinski definition) is 3. The highest BCUT2D eigenvalue weighted by atomic mass is 32.2. The fourth-order valence-electron chi connectivity index (χ4n) is 2.35. The number of nitrogen functional groups attached to an aromatic ring is 1. The third-order valence-corrected chi connectivity index (χ3v) is 5.17. The monoisotopic (exact) mass is 302 g/mol. The number of rotatable bonds is 4. The second-order valence-electron chi connectivity index (χ2n) is 5.38. The average Bonchev–Trinajstić information content (AvgIpc) is 2.81. The molecule has 4 N–H and O–H groups in total. The largest absolute Gasteiger partial charge is 0.398 e. The Morgan fingerprint density at radius 2 is 2.00 bits per heavy atom. The molecule has 0 heterocycles. The molecule has 0 aliphatic heterocycles. The Kier molecular flexibility index (Phi) is 4.04. The van der Waals surface area contributed by atoms with Gasteiger partial charge in [0.15, 0.2) is 0 Å². The molecule has 0 unspecified atom stereocenters. The van der Waals surface area contributed by atoms with Crippen LogP contribution in [-0.4, -0.2) is 25.7 Å². The maximum absolute atomic E-state index is 13.6. The smallest absolute Gasteiger partial charge is 0.240 e. The number of sulfonamides is 1. The molecular formula is C13H19FN2O3S. The highest BCUT2D eigenvalue weighted by Gasteiger charge is 2.32. The number of aliphatic hydroxyl groups is 1. The second kappa shape index (κ2) is 5.31. The standard InChI is InChI=1S/C13H19FN2O3S/c1-9-11(14)6-10(7-12(9)15)20(18,19)16-8-13(17)4-2-3-5-13/h6-7,16-17H,2-5,8,15H2,1H3. The Labute approximate surface area is 118 Å². The zero-order valence-electron chi connectivity index (χ0n) is 11.3. The van der Waals surface area contributed by atoms with Crippen LogP contribution < -0.4 is 10.5 Å². The lowest BCUT2D eigenvalue weighted by Crippen LogP contribution is -2.40. The van der Waals surface area contributed by atoms with E-state index in [0.717, 1.165) is 18.9 Å². The van der Waals surface area contributed by atoms with Gasteiger partial charge in [0.05, 0.1) is 10.5 Å². The van der Waals surface area contributed by atoms with Gasteiger partial charge in [0.25, 0.3) is 0 Å². The van der Waals surface area contributed by atoms with Crippen molar-refractivity contribution in [1.29, 1.82) is 0 Å². The van der Waals surface area contributed by atoms with E-state index >= 15 is 0 Å². The summed E-state index contributed by atoms with van der Waals surface area (Å²) >= 11 is 0. The van der Waals surface area contributed by atoms with Crippen LogP contribution in [0.3, 0.4) is 0 Å². The Bertz CT molecular complexity index is 587. The van der Waals surface area contributed by atoms with E-state index in [2.05, 4.69) is 4.72 Å². The zero-order chi connectivity index (χ0) is 15.0. The van der Waals surface area contributed by atoms with Gasteiger partial charge in [-0.3, -0.25) is 0 Å². The lowest BCUT2D eigenvalue weighted by molar-refractivity contribution is 0.0532. The molecule has 1 aromatic rings. The predicted octanol–water partition coefficient (Wildman–Crippen LogP) is 1.30. The molecular weight excluding hydrogens is 283 g/mol. The molecule has 0 bridgehead atoms. The molecule has 0 atom stereocenters. The first-order valence-corrected chi connectivity index (χ1v) is 7.99. The maximum Gasteiger partial charge on any atom is 0.240 e. The number of hydrogen-bond acceptors (Lipinski definition) is 4. The van der Waals surface area contributed by atoms with Crippen LogP contribution in [0.1, 0.15) is 31.2 Å². The Balaban J connectivity index is 2.18. The van der Waals surface area contributed by atoms with Crippen molar-refractivity contribution in [2.45, 2.75) is 43.1 Å². The van der Waals surface area contributed by atoms with Crippen LogP contribution in [0, 0.1) is 12.7 Å². The normalized spacial score (nSPS) is 18.4. The molecule has 0 radical (unpaired) electrons. The van der Waals surface area contributed by atoms with E-state index in [0.29, 0.717) is 12.8 Å². The van der Waals surface area contributed by atoms with Crippen LogP contribution in [0.4, 0.5) is 10.1 Å². The van der Waals surface area contributed by atoms with Crippen molar-refractivity contribution >= 4 is 15.7 Å². The van der Waals surface area contributed by atoms with Crippen molar-refractivity contribution in [2.75, 3.05) is 12.3 Å². The summed E-state index contributed by atoms with van der Waals surface area (Å²) in [6.45, 7) is 1.42. The predicted molar refractivity (Wildman–Crippen MR) is 74.2 cm³/mol. The summed E-state index contributed by atoms with van der Waals surface area (Å²) in [5.41, 5.74) is 4.89. The van der Waals surface area contributed by atoms with E-state index in [1.165, 1.54) is 13.0 Å². The Hall–Kier alpha value is -1.18. The first-order chi connectivity index (χ1) is 9.23. The minimum absolute atomic E-state index is 0.0647. The third-order valence-electron chi connectivity index (χ3n) is 3.79. The summed E-state index contributed by atoms with van der Waals surface area (Å²) in [6, 6.07) is 2.16. The molecule has 1 aromatic carbocycles. The highest BCUT2D eigenvalue weighted by Crippen LogP contribution is 2.29. The van der Waals surface area contributed by atoms with Gasteiger partial charge in [0.1, 0.15) is 5.82 Å². The van der Waals surface area contributed by atoms with Crippen molar-refractivity contribution in [3.63, 3.8) is 0 Å². The minimum atomic E-state index is -3.88. The summed E-state index contributed by atoms with van der Waals surface area (Å²) in [5, 5.41) is 10.1. The van der Waals surface area contributed by atoms with Crippen LogP contribution in [0.25, 0.3) is 0 Å². The molecule has 7 heteroatoms. The van der Waals surface area contributed by atoms with Gasteiger partial charge in [-0.05, 0) is 31.9 Å². The molecule has 0 spiro atoms. The van der Waals surface area contributed by atoms with Crippen molar-refractivity contribution in [2.24, 2.45) is 0 Å². The highest BCUT2D eigenvalue weighted by molar-refractivity contribution is 7.89. The summed E-state index contributed by atoms with van der Waals surface area (Å²) in [6.07, 6.45) is 2.90. The Morgan fingerprint density at radius 3 is 2.55 bits per heavy atom. The molecule has 1 aliphatic carbocycles. The molecule has 0 saturated heterocycles. The lowest BCUT2D eigenvalue weighted by atomic mass is 10.0. The summed E-state index contributed by atoms with van der Waals surface area (Å²) in [4.78, 5) is -0.223. The van der Waals surface area contributed by atoms with E-state index in [1.807, 2.05) is 0 Å². The maximum atomic E-state index is 13.6. The SMILES string of the molecule is Cc1c(N)cc(S(=O)(=O)NCC2(O)CCCC2)cc1F. The van der Waals surface area contributed by atoms with Crippen molar-refractivity contribution < 1.29 is 17.9 Å². The summed E-state index contributed by atoms with van der Waals surface area (Å²) in [7, 11) is -3.88. The number of nitrogens with two attached hydrogens (primary N) is 1. The van der Waals surface area contributed by atoms with E-state index in [1.54, 1.807) is 0 Å². The minimum Gasteiger partial charge on any atom is -0.398 e. The molecule has 1 saturated carbocycles. The zero-order valence-corrected chi connectivity index (χ0v) is 12.1. The van der Waals surface area contributed by atoms with E-state index in [4.69, 9.17) is 5.73 Å². The van der Waals surface area contributed by atoms with E-state index in [9.17, 15) is 17.9 Å². The molecule has 2 rings (SSSR count). The van der Waals surface area contributed by atoms with Gasteiger partial charge in [-0.25, -0.2) is 17.5 Å². The van der Waals surface area contributed by atoms with Crippen LogP contribution in [0.2, 0.25) is 0 Å². The van der Waals surface area contributed by atoms with Crippen molar-refractivity contribution in [3.05, 3.63) is 23.5 Å². The van der Waals surface area contributed by atoms with Gasteiger partial charge in [-0.15, -0.1) is 0 Å². The lowest BCUT2D eigenvalue weighted by Gasteiger charge is -2.22. The summed E-state index contributed by atoms with van der Waals surface area (Å²) in [5.74, 6) is -0.662. The molecule has 0 amide bonds. The molecule has 20 heavy (non-hydrogen) atoms. The number of anilines is 1. The van der Waals surface area contributed by atoms with Crippen LogP contribution in [0.5, 0.6) is 0 Å². The molecule has 5 nitrogen and oxygen atoms in total. The fourth-order valence-corrected chi connectivity index (χ4v) is 3.52. The fraction of sp³-hybridized carbons (Fsp3) is 0.538. The third kappa shape index (κ3) is 3.11. The second-order valence-corrected chi connectivity index (χ2v) is 7.14. The molecule has 1 aliphatic rings. The van der Waals surface area contributed by atoms with Crippen LogP contribution >= 0.6 is 0 Å². The first kappa shape index (κ1) is 15.2. The first-order valence-electron chi connectivity index (χ1n) is 6.51. The van der Waals surface area contributed by atoms with E-state index in [-0.39, 0.29) is 22.7 Å². The number of nitrogens with one attached hydrogen (secondary N) is 1.